The van der Waals surface area contributed by atoms with Gasteiger partial charge in [0.2, 0.25) is 0 Å². The second-order valence-electron chi connectivity index (χ2n) is 5.55. The van der Waals surface area contributed by atoms with Crippen molar-refractivity contribution in [3.05, 3.63) is 59.5 Å². The van der Waals surface area contributed by atoms with Crippen LogP contribution in [-0.4, -0.2) is 17.6 Å². The van der Waals surface area contributed by atoms with E-state index < -0.39 is 5.60 Å². The summed E-state index contributed by atoms with van der Waals surface area (Å²) in [5.41, 5.74) is -0.348. The Bertz CT molecular complexity index is 714. The number of rotatable bonds is 5. The van der Waals surface area contributed by atoms with Crippen molar-refractivity contribution < 1.29 is 14.3 Å². The van der Waals surface area contributed by atoms with Gasteiger partial charge in [0.25, 0.3) is 5.91 Å². The van der Waals surface area contributed by atoms with E-state index in [0.717, 1.165) is 12.8 Å². The minimum absolute atomic E-state index is 0.0841. The monoisotopic (exact) mass is 296 g/mol. The molecule has 0 radical (unpaired) electrons. The summed E-state index contributed by atoms with van der Waals surface area (Å²) in [7, 11) is 0. The van der Waals surface area contributed by atoms with Crippen LogP contribution in [0.2, 0.25) is 0 Å². The Balaban J connectivity index is 1.73. The number of nitrogens with zero attached hydrogens (tertiary/aromatic N) is 1. The number of benzene rings is 1. The van der Waals surface area contributed by atoms with Crippen LogP contribution in [0.25, 0.3) is 0 Å². The number of nitrogens with one attached hydrogen (secondary N) is 1. The second-order valence-corrected chi connectivity index (χ2v) is 5.55. The van der Waals surface area contributed by atoms with E-state index in [1.54, 1.807) is 30.3 Å². The molecule has 1 amide bonds. The van der Waals surface area contributed by atoms with E-state index in [4.69, 9.17) is 9.68 Å². The molecule has 22 heavy (non-hydrogen) atoms. The Morgan fingerprint density at radius 1 is 1.41 bits per heavy atom. The summed E-state index contributed by atoms with van der Waals surface area (Å²) in [6.45, 7) is 0.0841. The molecule has 112 valence electrons. The van der Waals surface area contributed by atoms with Crippen LogP contribution < -0.4 is 5.32 Å². The first-order chi connectivity index (χ1) is 10.6. The normalized spacial score (nSPS) is 16.5. The summed E-state index contributed by atoms with van der Waals surface area (Å²) in [4.78, 5) is 12.2. The largest absolute Gasteiger partial charge is 0.466 e. The lowest BCUT2D eigenvalue weighted by atomic mass is 9.94. The summed E-state index contributed by atoms with van der Waals surface area (Å²) in [6.07, 6.45) is 3.34. The Hall–Kier alpha value is -2.58. The first-order valence-corrected chi connectivity index (χ1v) is 7.18. The highest BCUT2D eigenvalue weighted by Gasteiger charge is 2.47. The van der Waals surface area contributed by atoms with Gasteiger partial charge in [-0.05, 0) is 49.1 Å². The van der Waals surface area contributed by atoms with Crippen LogP contribution in [0.15, 0.2) is 47.1 Å². The lowest BCUT2D eigenvalue weighted by Crippen LogP contribution is -2.42. The van der Waals surface area contributed by atoms with Crippen molar-refractivity contribution >= 4 is 5.91 Å². The topological polar surface area (TPSA) is 86.3 Å². The molecule has 1 heterocycles. The van der Waals surface area contributed by atoms with Gasteiger partial charge in [-0.15, -0.1) is 0 Å². The maximum absolute atomic E-state index is 12.2. The van der Waals surface area contributed by atoms with Crippen LogP contribution in [0.3, 0.4) is 0 Å². The van der Waals surface area contributed by atoms with Gasteiger partial charge in [0.05, 0.1) is 24.4 Å². The Morgan fingerprint density at radius 2 is 2.23 bits per heavy atom. The Labute approximate surface area is 128 Å². The second kappa shape index (κ2) is 5.66. The summed E-state index contributed by atoms with van der Waals surface area (Å²) >= 11 is 0. The van der Waals surface area contributed by atoms with Crippen LogP contribution in [0, 0.1) is 17.2 Å². The third-order valence-electron chi connectivity index (χ3n) is 3.97. The van der Waals surface area contributed by atoms with Gasteiger partial charge in [-0.2, -0.15) is 5.26 Å². The van der Waals surface area contributed by atoms with Gasteiger partial charge in [0.1, 0.15) is 11.4 Å². The van der Waals surface area contributed by atoms with E-state index >= 15 is 0 Å². The average molecular weight is 296 g/mol. The van der Waals surface area contributed by atoms with E-state index in [1.807, 2.05) is 6.07 Å². The smallest absolute Gasteiger partial charge is 0.251 e. The standard InChI is InChI=1S/C17H16N2O3/c18-10-12-3-1-4-13(9-12)16(20)19-11-17(21,14-6-7-14)15-5-2-8-22-15/h1-5,8-9,14,21H,6-7,11H2,(H,19,20). The molecule has 0 saturated heterocycles. The molecule has 3 rings (SSSR count). The minimum atomic E-state index is -1.17. The summed E-state index contributed by atoms with van der Waals surface area (Å²) < 4.78 is 5.33. The highest BCUT2D eigenvalue weighted by molar-refractivity contribution is 5.94. The molecule has 0 aliphatic heterocycles. The molecule has 1 fully saturated rings. The van der Waals surface area contributed by atoms with Gasteiger partial charge in [-0.3, -0.25) is 4.79 Å². The summed E-state index contributed by atoms with van der Waals surface area (Å²) in [6, 6.07) is 11.9. The first-order valence-electron chi connectivity index (χ1n) is 7.18. The molecule has 1 unspecified atom stereocenters. The minimum Gasteiger partial charge on any atom is -0.466 e. The number of nitriles is 1. The molecule has 1 aromatic carbocycles. The molecule has 2 N–H and O–H groups in total. The van der Waals surface area contributed by atoms with Crippen molar-refractivity contribution in [2.45, 2.75) is 18.4 Å². The molecule has 1 aliphatic carbocycles. The molecular weight excluding hydrogens is 280 g/mol. The van der Waals surface area contributed by atoms with Crippen molar-refractivity contribution in [2.75, 3.05) is 6.54 Å². The number of aliphatic hydroxyl groups is 1. The molecule has 0 spiro atoms. The van der Waals surface area contributed by atoms with Crippen LogP contribution in [0.1, 0.15) is 34.5 Å². The number of hydrogen-bond donors (Lipinski definition) is 2. The highest BCUT2D eigenvalue weighted by Crippen LogP contribution is 2.45. The molecule has 2 aromatic rings. The Morgan fingerprint density at radius 3 is 2.86 bits per heavy atom. The fourth-order valence-electron chi connectivity index (χ4n) is 2.57. The molecule has 0 bridgehead atoms. The van der Waals surface area contributed by atoms with Crippen LogP contribution in [0.4, 0.5) is 0 Å². The zero-order chi connectivity index (χ0) is 15.6. The van der Waals surface area contributed by atoms with E-state index in [-0.39, 0.29) is 18.4 Å². The van der Waals surface area contributed by atoms with Crippen molar-refractivity contribution in [1.29, 1.82) is 5.26 Å². The van der Waals surface area contributed by atoms with E-state index in [1.165, 1.54) is 12.3 Å². The SMILES string of the molecule is N#Cc1cccc(C(=O)NCC(O)(c2ccco2)C2CC2)c1. The van der Waals surface area contributed by atoms with Gasteiger partial charge in [0.15, 0.2) is 0 Å². The number of hydrogen-bond acceptors (Lipinski definition) is 4. The molecule has 5 nitrogen and oxygen atoms in total. The molecule has 5 heteroatoms. The molecular formula is C17H16N2O3. The van der Waals surface area contributed by atoms with Crippen molar-refractivity contribution in [3.8, 4) is 6.07 Å². The quantitative estimate of drug-likeness (QED) is 0.885. The number of carbonyl (C=O) groups is 1. The fourth-order valence-corrected chi connectivity index (χ4v) is 2.57. The fraction of sp³-hybridized carbons (Fsp3) is 0.294. The average Bonchev–Trinajstić information content (AvgIpc) is 3.27. The van der Waals surface area contributed by atoms with Crippen LogP contribution >= 0.6 is 0 Å². The van der Waals surface area contributed by atoms with Crippen LogP contribution in [0.5, 0.6) is 0 Å². The van der Waals surface area contributed by atoms with E-state index in [2.05, 4.69) is 5.32 Å². The van der Waals surface area contributed by atoms with Gasteiger partial charge in [-0.1, -0.05) is 6.07 Å². The predicted octanol–water partition coefficient (Wildman–Crippen LogP) is 2.18. The summed E-state index contributed by atoms with van der Waals surface area (Å²) in [5.74, 6) is 0.258. The zero-order valence-electron chi connectivity index (χ0n) is 12.0. The third kappa shape index (κ3) is 2.74. The number of amides is 1. The van der Waals surface area contributed by atoms with Gasteiger partial charge >= 0.3 is 0 Å². The number of furan rings is 1. The third-order valence-corrected chi connectivity index (χ3v) is 3.97. The van der Waals surface area contributed by atoms with Crippen molar-refractivity contribution in [3.63, 3.8) is 0 Å². The maximum atomic E-state index is 12.2. The van der Waals surface area contributed by atoms with Gasteiger partial charge < -0.3 is 14.8 Å². The Kier molecular flexibility index (Phi) is 3.70. The summed E-state index contributed by atoms with van der Waals surface area (Å²) in [5, 5.41) is 22.5. The van der Waals surface area contributed by atoms with Gasteiger partial charge in [-0.25, -0.2) is 0 Å². The highest BCUT2D eigenvalue weighted by atomic mass is 16.4. The maximum Gasteiger partial charge on any atom is 0.251 e. The lowest BCUT2D eigenvalue weighted by Gasteiger charge is -2.26. The molecule has 1 aromatic heterocycles. The van der Waals surface area contributed by atoms with Gasteiger partial charge in [0, 0.05) is 5.56 Å². The van der Waals surface area contributed by atoms with Crippen molar-refractivity contribution in [2.24, 2.45) is 5.92 Å². The van der Waals surface area contributed by atoms with E-state index in [9.17, 15) is 9.90 Å². The number of carbonyl (C=O) groups excluding carboxylic acids is 1. The molecule has 1 saturated carbocycles. The first kappa shape index (κ1) is 14.4. The van der Waals surface area contributed by atoms with Crippen LogP contribution in [-0.2, 0) is 5.60 Å². The zero-order valence-corrected chi connectivity index (χ0v) is 12.0. The lowest BCUT2D eigenvalue weighted by molar-refractivity contribution is -0.00610. The van der Waals surface area contributed by atoms with E-state index in [0.29, 0.717) is 16.9 Å². The molecule has 1 atom stereocenters. The van der Waals surface area contributed by atoms with Crippen molar-refractivity contribution in [1.82, 2.24) is 5.32 Å². The molecule has 1 aliphatic rings. The predicted molar refractivity (Wildman–Crippen MR) is 78.8 cm³/mol.